The summed E-state index contributed by atoms with van der Waals surface area (Å²) in [6.07, 6.45) is 7.76. The molecule has 0 atom stereocenters. The van der Waals surface area contributed by atoms with Gasteiger partial charge in [0.05, 0.1) is 0 Å². The van der Waals surface area contributed by atoms with Crippen LogP contribution in [0, 0.1) is 11.3 Å². The standard InChI is InChI=1S/C18H15N3O3/c19-11-15(18(24)21-12-14-6-8-20-9-7-14)3-1-2-13-4-5-16(22)17(23)10-13/h1-10,22-23H,12H2,(H,21,24). The molecule has 1 heterocycles. The van der Waals surface area contributed by atoms with Gasteiger partial charge in [-0.3, -0.25) is 9.78 Å². The third kappa shape index (κ3) is 4.71. The van der Waals surface area contributed by atoms with Gasteiger partial charge in [0, 0.05) is 18.9 Å². The topological polar surface area (TPSA) is 106 Å². The van der Waals surface area contributed by atoms with Crippen LogP contribution in [0.25, 0.3) is 6.08 Å². The number of aromatic nitrogens is 1. The van der Waals surface area contributed by atoms with Crippen molar-refractivity contribution in [2.45, 2.75) is 6.54 Å². The van der Waals surface area contributed by atoms with Gasteiger partial charge >= 0.3 is 0 Å². The number of pyridine rings is 1. The van der Waals surface area contributed by atoms with Crippen LogP contribution in [0.3, 0.4) is 0 Å². The van der Waals surface area contributed by atoms with E-state index in [1.165, 1.54) is 24.3 Å². The lowest BCUT2D eigenvalue weighted by molar-refractivity contribution is -0.117. The van der Waals surface area contributed by atoms with Crippen molar-refractivity contribution in [2.24, 2.45) is 0 Å². The number of nitrogens with zero attached hydrogens (tertiary/aromatic N) is 2. The van der Waals surface area contributed by atoms with Crippen LogP contribution in [0.4, 0.5) is 0 Å². The summed E-state index contributed by atoms with van der Waals surface area (Å²) in [4.78, 5) is 15.8. The Hall–Kier alpha value is -3.59. The molecule has 0 unspecified atom stereocenters. The molecule has 0 aliphatic carbocycles. The van der Waals surface area contributed by atoms with Gasteiger partial charge in [-0.2, -0.15) is 5.26 Å². The number of carbonyl (C=O) groups excluding carboxylic acids is 1. The molecule has 0 saturated carbocycles. The van der Waals surface area contributed by atoms with Gasteiger partial charge < -0.3 is 15.5 Å². The van der Waals surface area contributed by atoms with E-state index in [1.807, 2.05) is 6.07 Å². The van der Waals surface area contributed by atoms with E-state index in [2.05, 4.69) is 10.3 Å². The zero-order valence-electron chi connectivity index (χ0n) is 12.7. The van der Waals surface area contributed by atoms with Crippen LogP contribution in [0.2, 0.25) is 0 Å². The largest absolute Gasteiger partial charge is 0.504 e. The van der Waals surface area contributed by atoms with Gasteiger partial charge in [0.1, 0.15) is 11.6 Å². The number of amides is 1. The second-order valence-corrected chi connectivity index (χ2v) is 4.84. The first-order valence-corrected chi connectivity index (χ1v) is 7.07. The monoisotopic (exact) mass is 321 g/mol. The second kappa shape index (κ2) is 8.15. The van der Waals surface area contributed by atoms with Crippen molar-refractivity contribution in [2.75, 3.05) is 0 Å². The van der Waals surface area contributed by atoms with Gasteiger partial charge in [0.15, 0.2) is 11.5 Å². The summed E-state index contributed by atoms with van der Waals surface area (Å²) in [7, 11) is 0. The number of phenolic OH excluding ortho intramolecular Hbond substituents is 2. The summed E-state index contributed by atoms with van der Waals surface area (Å²) < 4.78 is 0. The molecule has 120 valence electrons. The number of benzene rings is 1. The average Bonchev–Trinajstić information content (AvgIpc) is 2.60. The molecule has 6 heteroatoms. The number of aromatic hydroxyl groups is 2. The molecule has 0 bridgehead atoms. The molecule has 24 heavy (non-hydrogen) atoms. The molecule has 2 aromatic rings. The van der Waals surface area contributed by atoms with Gasteiger partial charge in [0.2, 0.25) is 0 Å². The maximum atomic E-state index is 12.0. The predicted octanol–water partition coefficient (Wildman–Crippen LogP) is 2.27. The third-order valence-electron chi connectivity index (χ3n) is 3.12. The van der Waals surface area contributed by atoms with Crippen LogP contribution in [0.1, 0.15) is 11.1 Å². The summed E-state index contributed by atoms with van der Waals surface area (Å²) >= 11 is 0. The number of nitrogens with one attached hydrogen (secondary N) is 1. The lowest BCUT2D eigenvalue weighted by Gasteiger charge is -2.03. The van der Waals surface area contributed by atoms with Crippen LogP contribution < -0.4 is 5.32 Å². The van der Waals surface area contributed by atoms with Crippen molar-refractivity contribution in [3.05, 3.63) is 71.6 Å². The van der Waals surface area contributed by atoms with Gasteiger partial charge in [0.25, 0.3) is 5.91 Å². The smallest absolute Gasteiger partial charge is 0.262 e. The van der Waals surface area contributed by atoms with E-state index < -0.39 is 5.91 Å². The third-order valence-corrected chi connectivity index (χ3v) is 3.12. The van der Waals surface area contributed by atoms with E-state index in [-0.39, 0.29) is 17.1 Å². The highest BCUT2D eigenvalue weighted by Gasteiger charge is 2.07. The maximum absolute atomic E-state index is 12.0. The van der Waals surface area contributed by atoms with Crippen molar-refractivity contribution < 1.29 is 15.0 Å². The summed E-state index contributed by atoms with van der Waals surface area (Å²) in [6.45, 7) is 0.302. The average molecular weight is 321 g/mol. The number of allylic oxidation sites excluding steroid dienone is 2. The molecule has 0 aliphatic rings. The summed E-state index contributed by atoms with van der Waals surface area (Å²) in [5.41, 5.74) is 1.46. The molecule has 0 saturated heterocycles. The zero-order chi connectivity index (χ0) is 17.4. The Morgan fingerprint density at radius 1 is 1.21 bits per heavy atom. The Morgan fingerprint density at radius 3 is 2.62 bits per heavy atom. The highest BCUT2D eigenvalue weighted by molar-refractivity contribution is 5.97. The number of rotatable bonds is 5. The lowest BCUT2D eigenvalue weighted by atomic mass is 10.1. The van der Waals surface area contributed by atoms with E-state index in [0.29, 0.717) is 12.1 Å². The van der Waals surface area contributed by atoms with Crippen LogP contribution in [-0.4, -0.2) is 21.1 Å². The zero-order valence-corrected chi connectivity index (χ0v) is 12.7. The Labute approximate surface area is 139 Å². The van der Waals surface area contributed by atoms with Crippen molar-refractivity contribution in [3.8, 4) is 17.6 Å². The van der Waals surface area contributed by atoms with Crippen molar-refractivity contribution >= 4 is 12.0 Å². The number of hydrogen-bond acceptors (Lipinski definition) is 5. The Bertz CT molecular complexity index is 821. The summed E-state index contributed by atoms with van der Waals surface area (Å²) in [5.74, 6) is -0.930. The fourth-order valence-electron chi connectivity index (χ4n) is 1.84. The van der Waals surface area contributed by atoms with E-state index in [4.69, 9.17) is 5.26 Å². The number of hydrogen-bond donors (Lipinski definition) is 3. The van der Waals surface area contributed by atoms with Crippen molar-refractivity contribution in [3.63, 3.8) is 0 Å². The molecule has 1 aromatic carbocycles. The van der Waals surface area contributed by atoms with Gasteiger partial charge in [-0.25, -0.2) is 0 Å². The first-order valence-electron chi connectivity index (χ1n) is 7.07. The molecular weight excluding hydrogens is 306 g/mol. The molecule has 1 amide bonds. The molecule has 0 radical (unpaired) electrons. The molecule has 0 spiro atoms. The minimum atomic E-state index is -0.479. The Balaban J connectivity index is 2.00. The maximum Gasteiger partial charge on any atom is 0.262 e. The van der Waals surface area contributed by atoms with Crippen LogP contribution in [0.5, 0.6) is 11.5 Å². The predicted molar refractivity (Wildman–Crippen MR) is 88.6 cm³/mol. The molecule has 2 rings (SSSR count). The van der Waals surface area contributed by atoms with Crippen LogP contribution in [0.15, 0.2) is 60.5 Å². The molecule has 0 fully saturated rings. The quantitative estimate of drug-likeness (QED) is 0.339. The van der Waals surface area contributed by atoms with Gasteiger partial charge in [-0.05, 0) is 41.5 Å². The second-order valence-electron chi connectivity index (χ2n) is 4.84. The molecule has 1 aromatic heterocycles. The van der Waals surface area contributed by atoms with E-state index in [9.17, 15) is 15.0 Å². The molecule has 3 N–H and O–H groups in total. The molecular formula is C18H15N3O3. The molecule has 6 nitrogen and oxygen atoms in total. The minimum absolute atomic E-state index is 0.0386. The highest BCUT2D eigenvalue weighted by atomic mass is 16.3. The summed E-state index contributed by atoms with van der Waals surface area (Å²) in [5, 5.41) is 30.4. The van der Waals surface area contributed by atoms with Crippen LogP contribution >= 0.6 is 0 Å². The Kier molecular flexibility index (Phi) is 5.70. The van der Waals surface area contributed by atoms with E-state index in [1.54, 1.807) is 36.7 Å². The normalized spacial score (nSPS) is 11.2. The van der Waals surface area contributed by atoms with Crippen LogP contribution in [-0.2, 0) is 11.3 Å². The molecule has 0 aliphatic heterocycles. The number of nitriles is 1. The fraction of sp³-hybridized carbons (Fsp3) is 0.0556. The van der Waals surface area contributed by atoms with Crippen molar-refractivity contribution in [1.82, 2.24) is 10.3 Å². The lowest BCUT2D eigenvalue weighted by Crippen LogP contribution is -2.23. The fourth-order valence-corrected chi connectivity index (χ4v) is 1.84. The van der Waals surface area contributed by atoms with E-state index in [0.717, 1.165) is 5.56 Å². The SMILES string of the molecule is N#CC(=CC=Cc1ccc(O)c(O)c1)C(=O)NCc1ccncc1. The van der Waals surface area contributed by atoms with Gasteiger partial charge in [-0.1, -0.05) is 18.2 Å². The van der Waals surface area contributed by atoms with Gasteiger partial charge in [-0.15, -0.1) is 0 Å². The van der Waals surface area contributed by atoms with E-state index >= 15 is 0 Å². The number of phenols is 2. The minimum Gasteiger partial charge on any atom is -0.504 e. The Morgan fingerprint density at radius 2 is 1.96 bits per heavy atom. The first kappa shape index (κ1) is 16.8. The highest BCUT2D eigenvalue weighted by Crippen LogP contribution is 2.25. The first-order chi connectivity index (χ1) is 11.6. The number of carbonyl (C=O) groups is 1. The summed E-state index contributed by atoms with van der Waals surface area (Å²) in [6, 6.07) is 9.70. The van der Waals surface area contributed by atoms with Crippen molar-refractivity contribution in [1.29, 1.82) is 5.26 Å².